The van der Waals surface area contributed by atoms with Crippen LogP contribution in [0.5, 0.6) is 5.75 Å². The largest absolute Gasteiger partial charge is 0.487 e. The second kappa shape index (κ2) is 7.73. The zero-order valence-electron chi connectivity index (χ0n) is 13.3. The molecule has 3 rings (SSSR count). The van der Waals surface area contributed by atoms with Crippen LogP contribution in [0, 0.1) is 11.3 Å². The summed E-state index contributed by atoms with van der Waals surface area (Å²) in [6.07, 6.45) is 3.18. The van der Waals surface area contributed by atoms with Crippen LogP contribution in [0.3, 0.4) is 0 Å². The summed E-state index contributed by atoms with van der Waals surface area (Å²) in [5.41, 5.74) is 0.280. The third kappa shape index (κ3) is 4.31. The summed E-state index contributed by atoms with van der Waals surface area (Å²) in [5, 5.41) is 6.98. The van der Waals surface area contributed by atoms with Gasteiger partial charge in [-0.05, 0) is 56.8 Å². The Morgan fingerprint density at radius 2 is 2.13 bits per heavy atom. The van der Waals surface area contributed by atoms with E-state index < -0.39 is 0 Å². The molecule has 2 unspecified atom stereocenters. The van der Waals surface area contributed by atoms with E-state index in [1.807, 2.05) is 25.1 Å². The van der Waals surface area contributed by atoms with Crippen molar-refractivity contribution in [2.24, 2.45) is 11.3 Å². The summed E-state index contributed by atoms with van der Waals surface area (Å²) < 4.78 is 5.78. The van der Waals surface area contributed by atoms with Gasteiger partial charge >= 0.3 is 0 Å². The maximum atomic E-state index is 12.3. The Bertz CT molecular complexity index is 547. The zero-order valence-corrected chi connectivity index (χ0v) is 14.9. The van der Waals surface area contributed by atoms with Crippen molar-refractivity contribution in [3.8, 4) is 5.75 Å². The summed E-state index contributed by atoms with van der Waals surface area (Å²) in [7, 11) is 0. The molecule has 1 amide bonds. The van der Waals surface area contributed by atoms with E-state index in [9.17, 15) is 4.79 Å². The van der Waals surface area contributed by atoms with Crippen molar-refractivity contribution < 1.29 is 9.53 Å². The van der Waals surface area contributed by atoms with Gasteiger partial charge in [0.1, 0.15) is 11.9 Å². The lowest BCUT2D eigenvalue weighted by Crippen LogP contribution is -2.37. The van der Waals surface area contributed by atoms with Crippen LogP contribution in [0.15, 0.2) is 24.3 Å². The fourth-order valence-electron chi connectivity index (χ4n) is 3.36. The van der Waals surface area contributed by atoms with E-state index in [2.05, 4.69) is 10.6 Å². The average Bonchev–Trinajstić information content (AvgIpc) is 3.21. The first-order chi connectivity index (χ1) is 10.6. The minimum Gasteiger partial charge on any atom is -0.487 e. The van der Waals surface area contributed by atoms with Crippen molar-refractivity contribution in [2.45, 2.75) is 32.3 Å². The minimum atomic E-state index is -0.105. The topological polar surface area (TPSA) is 50.4 Å². The van der Waals surface area contributed by atoms with Crippen LogP contribution in [0.2, 0.25) is 5.02 Å². The molecule has 1 aromatic carbocycles. The normalized spacial score (nSPS) is 22.8. The molecule has 1 heterocycles. The molecular formula is C17H24Cl2N2O2. The van der Waals surface area contributed by atoms with Crippen LogP contribution in [0.25, 0.3) is 0 Å². The second-order valence-electron chi connectivity index (χ2n) is 6.47. The molecule has 0 bridgehead atoms. The first-order valence-electron chi connectivity index (χ1n) is 8.00. The number of hydrogen-bond donors (Lipinski definition) is 2. The van der Waals surface area contributed by atoms with Gasteiger partial charge in [-0.3, -0.25) is 4.79 Å². The van der Waals surface area contributed by atoms with Gasteiger partial charge in [-0.2, -0.15) is 0 Å². The maximum absolute atomic E-state index is 12.3. The highest BCUT2D eigenvalue weighted by atomic mass is 35.5. The van der Waals surface area contributed by atoms with E-state index in [4.69, 9.17) is 16.3 Å². The van der Waals surface area contributed by atoms with E-state index in [1.54, 1.807) is 6.07 Å². The second-order valence-corrected chi connectivity index (χ2v) is 6.88. The van der Waals surface area contributed by atoms with Gasteiger partial charge in [-0.1, -0.05) is 23.7 Å². The SMILES string of the molecule is CC(CNC(=O)C1CC12CCNCC2)Oc1ccccc1Cl.Cl. The summed E-state index contributed by atoms with van der Waals surface area (Å²) in [5.74, 6) is 1.03. The smallest absolute Gasteiger partial charge is 0.223 e. The monoisotopic (exact) mass is 358 g/mol. The molecule has 1 aromatic rings. The summed E-state index contributed by atoms with van der Waals surface area (Å²) in [4.78, 5) is 12.3. The maximum Gasteiger partial charge on any atom is 0.223 e. The van der Waals surface area contributed by atoms with Gasteiger partial charge in [-0.15, -0.1) is 12.4 Å². The molecule has 1 saturated carbocycles. The van der Waals surface area contributed by atoms with Crippen molar-refractivity contribution in [1.82, 2.24) is 10.6 Å². The Balaban J connectivity index is 0.00000192. The lowest BCUT2D eigenvalue weighted by molar-refractivity contribution is -0.123. The predicted molar refractivity (Wildman–Crippen MR) is 94.4 cm³/mol. The van der Waals surface area contributed by atoms with E-state index >= 15 is 0 Å². The predicted octanol–water partition coefficient (Wildman–Crippen LogP) is 3.04. The number of carbonyl (C=O) groups is 1. The molecule has 4 nitrogen and oxygen atoms in total. The molecule has 1 aliphatic carbocycles. The quantitative estimate of drug-likeness (QED) is 0.850. The van der Waals surface area contributed by atoms with Crippen LogP contribution >= 0.6 is 24.0 Å². The van der Waals surface area contributed by atoms with Crippen molar-refractivity contribution >= 4 is 29.9 Å². The zero-order chi connectivity index (χ0) is 15.6. The van der Waals surface area contributed by atoms with E-state index in [-0.39, 0.29) is 35.8 Å². The molecule has 1 aliphatic heterocycles. The standard InChI is InChI=1S/C17H23ClN2O2.ClH/c1-12(22-15-5-3-2-4-14(15)18)11-20-16(21)13-10-17(13)6-8-19-9-7-17;/h2-5,12-13,19H,6-11H2,1H3,(H,20,21);1H. The first kappa shape index (κ1) is 18.4. The highest BCUT2D eigenvalue weighted by Crippen LogP contribution is 2.58. The highest BCUT2D eigenvalue weighted by Gasteiger charge is 2.57. The Morgan fingerprint density at radius 3 is 2.83 bits per heavy atom. The average molecular weight is 359 g/mol. The molecule has 0 aromatic heterocycles. The number of piperidine rings is 1. The number of halogens is 2. The number of para-hydroxylation sites is 1. The van der Waals surface area contributed by atoms with Gasteiger partial charge < -0.3 is 15.4 Å². The minimum absolute atomic E-state index is 0. The van der Waals surface area contributed by atoms with Crippen LogP contribution in [-0.2, 0) is 4.79 Å². The molecule has 2 aliphatic rings. The molecule has 23 heavy (non-hydrogen) atoms. The lowest BCUT2D eigenvalue weighted by atomic mass is 9.92. The number of ether oxygens (including phenoxy) is 1. The summed E-state index contributed by atoms with van der Waals surface area (Å²) >= 11 is 6.07. The Labute approximate surface area is 148 Å². The van der Waals surface area contributed by atoms with E-state index in [0.717, 1.165) is 32.4 Å². The molecule has 0 radical (unpaired) electrons. The Kier molecular flexibility index (Phi) is 6.18. The molecule has 2 N–H and O–H groups in total. The first-order valence-corrected chi connectivity index (χ1v) is 8.38. The van der Waals surface area contributed by atoms with Gasteiger partial charge in [-0.25, -0.2) is 0 Å². The van der Waals surface area contributed by atoms with Crippen LogP contribution < -0.4 is 15.4 Å². The third-order valence-electron chi connectivity index (χ3n) is 4.83. The molecule has 1 spiro atoms. The molecule has 2 atom stereocenters. The third-order valence-corrected chi connectivity index (χ3v) is 5.15. The van der Waals surface area contributed by atoms with Crippen LogP contribution in [0.1, 0.15) is 26.2 Å². The van der Waals surface area contributed by atoms with E-state index in [0.29, 0.717) is 17.3 Å². The highest BCUT2D eigenvalue weighted by molar-refractivity contribution is 6.32. The van der Waals surface area contributed by atoms with Crippen LogP contribution in [-0.4, -0.2) is 31.6 Å². The Hall–Kier alpha value is -0.970. The molecule has 2 fully saturated rings. The van der Waals surface area contributed by atoms with Gasteiger partial charge in [0.05, 0.1) is 11.6 Å². The number of hydrogen-bond acceptors (Lipinski definition) is 3. The van der Waals surface area contributed by atoms with Gasteiger partial charge in [0.25, 0.3) is 0 Å². The van der Waals surface area contributed by atoms with Crippen molar-refractivity contribution in [2.75, 3.05) is 19.6 Å². The number of benzene rings is 1. The fourth-order valence-corrected chi connectivity index (χ4v) is 3.54. The summed E-state index contributed by atoms with van der Waals surface area (Å²) in [6.45, 7) is 4.53. The van der Waals surface area contributed by atoms with Gasteiger partial charge in [0.15, 0.2) is 0 Å². The fraction of sp³-hybridized carbons (Fsp3) is 0.588. The van der Waals surface area contributed by atoms with Crippen LogP contribution in [0.4, 0.5) is 0 Å². The number of nitrogens with one attached hydrogen (secondary N) is 2. The van der Waals surface area contributed by atoms with Gasteiger partial charge in [0.2, 0.25) is 5.91 Å². The van der Waals surface area contributed by atoms with E-state index in [1.165, 1.54) is 0 Å². The number of amides is 1. The van der Waals surface area contributed by atoms with Gasteiger partial charge in [0, 0.05) is 5.92 Å². The van der Waals surface area contributed by atoms with Crippen molar-refractivity contribution in [1.29, 1.82) is 0 Å². The lowest BCUT2D eigenvalue weighted by Gasteiger charge is -2.23. The molecule has 128 valence electrons. The number of carbonyl (C=O) groups excluding carboxylic acids is 1. The number of rotatable bonds is 5. The molecular weight excluding hydrogens is 335 g/mol. The summed E-state index contributed by atoms with van der Waals surface area (Å²) in [6, 6.07) is 7.39. The molecule has 6 heteroatoms. The van der Waals surface area contributed by atoms with Crippen molar-refractivity contribution in [3.05, 3.63) is 29.3 Å². The molecule has 1 saturated heterocycles. The Morgan fingerprint density at radius 1 is 1.43 bits per heavy atom. The van der Waals surface area contributed by atoms with Crippen molar-refractivity contribution in [3.63, 3.8) is 0 Å².